The number of amides is 2. The third-order valence-electron chi connectivity index (χ3n) is 2.09. The van der Waals surface area contributed by atoms with Gasteiger partial charge in [-0.15, -0.1) is 0 Å². The van der Waals surface area contributed by atoms with Crippen molar-refractivity contribution in [2.24, 2.45) is 0 Å². The highest BCUT2D eigenvalue weighted by atomic mass is 127. The quantitative estimate of drug-likeness (QED) is 0.484. The Morgan fingerprint density at radius 1 is 1.47 bits per heavy atom. The van der Waals surface area contributed by atoms with E-state index in [1.54, 1.807) is 12.1 Å². The molecule has 0 saturated heterocycles. The molecule has 0 saturated carbocycles. The standard InChI is InChI=1S/C11H12INO2/c1-9-4-2-3-5-10(9)11(15)13(8-14)7-6-12/h2-5,8H,6-7H2,1H3. The van der Waals surface area contributed by atoms with Gasteiger partial charge in [0.25, 0.3) is 5.91 Å². The number of alkyl halides is 1. The summed E-state index contributed by atoms with van der Waals surface area (Å²) in [5.74, 6) is -0.222. The first-order chi connectivity index (χ1) is 7.20. The molecule has 0 aliphatic heterocycles. The number of carbonyl (C=O) groups is 2. The van der Waals surface area contributed by atoms with Crippen LogP contribution in [0.2, 0.25) is 0 Å². The molecule has 80 valence electrons. The third-order valence-corrected chi connectivity index (χ3v) is 2.57. The second-order valence-corrected chi connectivity index (χ2v) is 4.19. The molecule has 15 heavy (non-hydrogen) atoms. The lowest BCUT2D eigenvalue weighted by molar-refractivity contribution is -0.115. The molecule has 0 heterocycles. The summed E-state index contributed by atoms with van der Waals surface area (Å²) in [7, 11) is 0. The van der Waals surface area contributed by atoms with Gasteiger partial charge in [-0.2, -0.15) is 0 Å². The van der Waals surface area contributed by atoms with Crippen LogP contribution in [0.5, 0.6) is 0 Å². The van der Waals surface area contributed by atoms with Crippen LogP contribution in [0.25, 0.3) is 0 Å². The van der Waals surface area contributed by atoms with Gasteiger partial charge in [0.15, 0.2) is 0 Å². The van der Waals surface area contributed by atoms with Gasteiger partial charge in [-0.1, -0.05) is 40.8 Å². The van der Waals surface area contributed by atoms with E-state index in [9.17, 15) is 9.59 Å². The number of carbonyl (C=O) groups excluding carboxylic acids is 2. The molecule has 0 bridgehead atoms. The van der Waals surface area contributed by atoms with Gasteiger partial charge in [-0.25, -0.2) is 0 Å². The van der Waals surface area contributed by atoms with Crippen LogP contribution in [0.3, 0.4) is 0 Å². The number of rotatable bonds is 4. The molecule has 4 heteroatoms. The highest BCUT2D eigenvalue weighted by molar-refractivity contribution is 14.1. The summed E-state index contributed by atoms with van der Waals surface area (Å²) in [6, 6.07) is 7.27. The number of benzene rings is 1. The van der Waals surface area contributed by atoms with Crippen molar-refractivity contribution in [3.63, 3.8) is 0 Å². The van der Waals surface area contributed by atoms with Crippen molar-refractivity contribution in [3.05, 3.63) is 35.4 Å². The van der Waals surface area contributed by atoms with Crippen molar-refractivity contribution in [2.45, 2.75) is 6.92 Å². The molecular weight excluding hydrogens is 305 g/mol. The van der Waals surface area contributed by atoms with Gasteiger partial charge < -0.3 is 0 Å². The molecule has 0 aliphatic rings. The van der Waals surface area contributed by atoms with E-state index < -0.39 is 0 Å². The van der Waals surface area contributed by atoms with Crippen LogP contribution < -0.4 is 0 Å². The number of halogens is 1. The fourth-order valence-corrected chi connectivity index (χ4v) is 1.78. The van der Waals surface area contributed by atoms with Crippen LogP contribution in [0.1, 0.15) is 15.9 Å². The minimum Gasteiger partial charge on any atom is -0.280 e. The Bertz CT molecular complexity index is 365. The maximum atomic E-state index is 11.9. The topological polar surface area (TPSA) is 37.4 Å². The van der Waals surface area contributed by atoms with Crippen molar-refractivity contribution in [2.75, 3.05) is 11.0 Å². The number of hydrogen-bond acceptors (Lipinski definition) is 2. The Labute approximate surface area is 103 Å². The Balaban J connectivity index is 2.92. The second kappa shape index (κ2) is 5.85. The fourth-order valence-electron chi connectivity index (χ4n) is 1.26. The summed E-state index contributed by atoms with van der Waals surface area (Å²) >= 11 is 2.13. The lowest BCUT2D eigenvalue weighted by Gasteiger charge is -2.15. The first-order valence-corrected chi connectivity index (χ1v) is 6.11. The van der Waals surface area contributed by atoms with Gasteiger partial charge in [-0.3, -0.25) is 14.5 Å². The molecule has 0 N–H and O–H groups in total. The smallest absolute Gasteiger partial charge is 0.260 e. The molecule has 1 rings (SSSR count). The molecule has 1 aromatic carbocycles. The van der Waals surface area contributed by atoms with Crippen LogP contribution in [0.15, 0.2) is 24.3 Å². The average Bonchev–Trinajstić information content (AvgIpc) is 2.25. The monoisotopic (exact) mass is 317 g/mol. The normalized spacial score (nSPS) is 9.73. The first-order valence-electron chi connectivity index (χ1n) is 4.58. The van der Waals surface area contributed by atoms with Crippen LogP contribution in [-0.4, -0.2) is 28.2 Å². The largest absolute Gasteiger partial charge is 0.280 e. The zero-order chi connectivity index (χ0) is 11.3. The summed E-state index contributed by atoms with van der Waals surface area (Å²) < 4.78 is 0.744. The van der Waals surface area contributed by atoms with E-state index in [4.69, 9.17) is 0 Å². The maximum Gasteiger partial charge on any atom is 0.260 e. The van der Waals surface area contributed by atoms with Gasteiger partial charge in [0.05, 0.1) is 0 Å². The molecule has 0 aliphatic carbocycles. The van der Waals surface area contributed by atoms with E-state index >= 15 is 0 Å². The zero-order valence-electron chi connectivity index (χ0n) is 8.44. The number of hydrogen-bond donors (Lipinski definition) is 0. The van der Waals surface area contributed by atoms with Crippen molar-refractivity contribution < 1.29 is 9.59 Å². The van der Waals surface area contributed by atoms with Gasteiger partial charge in [0.1, 0.15) is 0 Å². The minimum absolute atomic E-state index is 0.222. The van der Waals surface area contributed by atoms with E-state index in [0.29, 0.717) is 18.5 Å². The Morgan fingerprint density at radius 2 is 2.13 bits per heavy atom. The fraction of sp³-hybridized carbons (Fsp3) is 0.273. The molecule has 2 amide bonds. The summed E-state index contributed by atoms with van der Waals surface area (Å²) in [4.78, 5) is 23.8. The average molecular weight is 317 g/mol. The van der Waals surface area contributed by atoms with Crippen molar-refractivity contribution in [3.8, 4) is 0 Å². The van der Waals surface area contributed by atoms with E-state index in [-0.39, 0.29) is 5.91 Å². The summed E-state index contributed by atoms with van der Waals surface area (Å²) in [6.45, 7) is 2.32. The second-order valence-electron chi connectivity index (χ2n) is 3.11. The van der Waals surface area contributed by atoms with Gasteiger partial charge in [-0.05, 0) is 18.6 Å². The molecular formula is C11H12INO2. The Hall–Kier alpha value is -0.910. The molecule has 3 nitrogen and oxygen atoms in total. The summed E-state index contributed by atoms with van der Waals surface area (Å²) in [6.07, 6.45) is 0.591. The van der Waals surface area contributed by atoms with Crippen molar-refractivity contribution >= 4 is 34.9 Å². The Kier molecular flexibility index (Phi) is 4.74. The summed E-state index contributed by atoms with van der Waals surface area (Å²) in [5, 5.41) is 0. The molecule has 0 radical (unpaired) electrons. The van der Waals surface area contributed by atoms with Crippen LogP contribution in [0, 0.1) is 6.92 Å². The van der Waals surface area contributed by atoms with E-state index in [0.717, 1.165) is 9.99 Å². The van der Waals surface area contributed by atoms with Gasteiger partial charge >= 0.3 is 0 Å². The first kappa shape index (κ1) is 12.2. The maximum absolute atomic E-state index is 11.9. The van der Waals surface area contributed by atoms with Gasteiger partial charge in [0.2, 0.25) is 6.41 Å². The van der Waals surface area contributed by atoms with Crippen LogP contribution >= 0.6 is 22.6 Å². The van der Waals surface area contributed by atoms with Crippen LogP contribution in [-0.2, 0) is 4.79 Å². The summed E-state index contributed by atoms with van der Waals surface area (Å²) in [5.41, 5.74) is 1.48. The number of imide groups is 1. The minimum atomic E-state index is -0.222. The predicted molar refractivity (Wildman–Crippen MR) is 67.2 cm³/mol. The van der Waals surface area contributed by atoms with E-state index in [1.165, 1.54) is 4.90 Å². The van der Waals surface area contributed by atoms with Gasteiger partial charge in [0, 0.05) is 16.5 Å². The molecule has 0 unspecified atom stereocenters. The molecule has 0 atom stereocenters. The molecule has 0 aromatic heterocycles. The number of aryl methyl sites for hydroxylation is 1. The Morgan fingerprint density at radius 3 is 2.67 bits per heavy atom. The van der Waals surface area contributed by atoms with E-state index in [1.807, 2.05) is 19.1 Å². The number of nitrogens with zero attached hydrogens (tertiary/aromatic N) is 1. The molecule has 0 fully saturated rings. The molecule has 1 aromatic rings. The lowest BCUT2D eigenvalue weighted by Crippen LogP contribution is -2.31. The lowest BCUT2D eigenvalue weighted by atomic mass is 10.1. The van der Waals surface area contributed by atoms with Crippen LogP contribution in [0.4, 0.5) is 0 Å². The SMILES string of the molecule is Cc1ccccc1C(=O)N(C=O)CCI. The van der Waals surface area contributed by atoms with E-state index in [2.05, 4.69) is 22.6 Å². The van der Waals surface area contributed by atoms with Crippen molar-refractivity contribution in [1.82, 2.24) is 4.90 Å². The molecule has 0 spiro atoms. The highest BCUT2D eigenvalue weighted by Crippen LogP contribution is 2.09. The third kappa shape index (κ3) is 3.02. The highest BCUT2D eigenvalue weighted by Gasteiger charge is 2.15. The van der Waals surface area contributed by atoms with Crippen molar-refractivity contribution in [1.29, 1.82) is 0 Å². The predicted octanol–water partition coefficient (Wildman–Crippen LogP) is 2.03. The zero-order valence-corrected chi connectivity index (χ0v) is 10.6.